The molecule has 3 aromatic rings. The van der Waals surface area contributed by atoms with E-state index in [0.29, 0.717) is 36.0 Å². The highest BCUT2D eigenvalue weighted by molar-refractivity contribution is 5.97. The molecule has 0 radical (unpaired) electrons. The number of ether oxygens (including phenoxy) is 1. The number of benzene rings is 2. The van der Waals surface area contributed by atoms with Crippen LogP contribution in [-0.4, -0.2) is 65.1 Å². The SMILES string of the molecule is CCN1CCN(C(=O)c2ccc3c(=O)n(CCc4ccc(C)c(OC)c4)c(=O)[nH]c3c2)CC1. The summed E-state index contributed by atoms with van der Waals surface area (Å²) >= 11 is 0. The first-order valence-corrected chi connectivity index (χ1v) is 11.3. The average Bonchev–Trinajstić information content (AvgIpc) is 2.84. The van der Waals surface area contributed by atoms with E-state index in [0.717, 1.165) is 36.5 Å². The Labute approximate surface area is 192 Å². The number of aryl methyl sites for hydroxylation is 2. The van der Waals surface area contributed by atoms with Gasteiger partial charge in [-0.05, 0) is 55.3 Å². The third kappa shape index (κ3) is 4.71. The van der Waals surface area contributed by atoms with Crippen LogP contribution in [0.1, 0.15) is 28.4 Å². The Morgan fingerprint density at radius 1 is 1.06 bits per heavy atom. The fraction of sp³-hybridized carbons (Fsp3) is 0.400. The van der Waals surface area contributed by atoms with Crippen LogP contribution < -0.4 is 16.0 Å². The molecule has 33 heavy (non-hydrogen) atoms. The van der Waals surface area contributed by atoms with Gasteiger partial charge in [0.05, 0.1) is 18.0 Å². The molecule has 1 saturated heterocycles. The molecule has 1 aromatic heterocycles. The van der Waals surface area contributed by atoms with Gasteiger partial charge in [-0.2, -0.15) is 0 Å². The van der Waals surface area contributed by atoms with Gasteiger partial charge in [0.25, 0.3) is 11.5 Å². The minimum atomic E-state index is -0.479. The largest absolute Gasteiger partial charge is 0.496 e. The molecule has 0 spiro atoms. The van der Waals surface area contributed by atoms with E-state index < -0.39 is 5.69 Å². The molecule has 4 rings (SSSR count). The van der Waals surface area contributed by atoms with Crippen molar-refractivity contribution in [3.63, 3.8) is 0 Å². The highest BCUT2D eigenvalue weighted by Crippen LogP contribution is 2.19. The number of likely N-dealkylation sites (N-methyl/N-ethyl adjacent to an activating group) is 1. The van der Waals surface area contributed by atoms with Gasteiger partial charge in [-0.3, -0.25) is 14.2 Å². The quantitative estimate of drug-likeness (QED) is 0.621. The first-order chi connectivity index (χ1) is 15.9. The summed E-state index contributed by atoms with van der Waals surface area (Å²) in [4.78, 5) is 45.5. The molecule has 174 valence electrons. The Hall–Kier alpha value is -3.39. The molecular weight excluding hydrogens is 420 g/mol. The number of aromatic amines is 1. The van der Waals surface area contributed by atoms with Crippen molar-refractivity contribution in [1.82, 2.24) is 19.4 Å². The minimum absolute atomic E-state index is 0.0778. The van der Waals surface area contributed by atoms with Gasteiger partial charge in [0, 0.05) is 38.3 Å². The maximum atomic E-state index is 13.0. The van der Waals surface area contributed by atoms with E-state index in [-0.39, 0.29) is 18.0 Å². The molecule has 1 aliphatic rings. The summed E-state index contributed by atoms with van der Waals surface area (Å²) in [6.45, 7) is 8.35. The van der Waals surface area contributed by atoms with Crippen LogP contribution in [0.3, 0.4) is 0 Å². The zero-order chi connectivity index (χ0) is 23.5. The number of carbonyl (C=O) groups excluding carboxylic acids is 1. The fourth-order valence-electron chi connectivity index (χ4n) is 4.30. The standard InChI is InChI=1S/C25H30N4O4/c1-4-27-11-13-28(14-12-27)23(30)19-7-8-20-21(16-19)26-25(32)29(24(20)31)10-9-18-6-5-17(2)22(15-18)33-3/h5-8,15-16H,4,9-14H2,1-3H3,(H,26,32). The molecule has 2 heterocycles. The Morgan fingerprint density at radius 2 is 1.82 bits per heavy atom. The van der Waals surface area contributed by atoms with Crippen molar-refractivity contribution in [1.29, 1.82) is 0 Å². The van der Waals surface area contributed by atoms with E-state index in [9.17, 15) is 14.4 Å². The normalized spacial score (nSPS) is 14.6. The van der Waals surface area contributed by atoms with Gasteiger partial charge in [-0.25, -0.2) is 4.79 Å². The van der Waals surface area contributed by atoms with Crippen LogP contribution in [0.25, 0.3) is 10.9 Å². The summed E-state index contributed by atoms with van der Waals surface area (Å²) in [7, 11) is 1.62. The van der Waals surface area contributed by atoms with Crippen molar-refractivity contribution in [3.8, 4) is 5.75 Å². The lowest BCUT2D eigenvalue weighted by molar-refractivity contribution is 0.0643. The molecule has 0 bridgehead atoms. The lowest BCUT2D eigenvalue weighted by Crippen LogP contribution is -2.48. The maximum Gasteiger partial charge on any atom is 0.328 e. The van der Waals surface area contributed by atoms with E-state index >= 15 is 0 Å². The van der Waals surface area contributed by atoms with Crippen LogP contribution in [0, 0.1) is 6.92 Å². The topological polar surface area (TPSA) is 87.6 Å². The third-order valence-corrected chi connectivity index (χ3v) is 6.43. The Balaban J connectivity index is 1.56. The molecule has 1 amide bonds. The number of H-pyrrole nitrogens is 1. The van der Waals surface area contributed by atoms with Crippen LogP contribution >= 0.6 is 0 Å². The number of hydrogen-bond donors (Lipinski definition) is 1. The van der Waals surface area contributed by atoms with Crippen LogP contribution in [-0.2, 0) is 13.0 Å². The predicted octanol–water partition coefficient (Wildman–Crippen LogP) is 2.03. The number of piperazine rings is 1. The Morgan fingerprint density at radius 3 is 2.52 bits per heavy atom. The van der Waals surface area contributed by atoms with Gasteiger partial charge in [-0.15, -0.1) is 0 Å². The summed E-state index contributed by atoms with van der Waals surface area (Å²) in [5, 5.41) is 0.392. The van der Waals surface area contributed by atoms with Gasteiger partial charge in [0.2, 0.25) is 0 Å². The first kappa shape index (κ1) is 22.8. The van der Waals surface area contributed by atoms with E-state index in [1.807, 2.05) is 30.0 Å². The van der Waals surface area contributed by atoms with Gasteiger partial charge >= 0.3 is 5.69 Å². The summed E-state index contributed by atoms with van der Waals surface area (Å²) in [5.74, 6) is 0.701. The molecule has 1 fully saturated rings. The van der Waals surface area contributed by atoms with Crippen molar-refractivity contribution in [2.75, 3.05) is 39.8 Å². The Kier molecular flexibility index (Phi) is 6.65. The summed E-state index contributed by atoms with van der Waals surface area (Å²) in [6.07, 6.45) is 0.519. The third-order valence-electron chi connectivity index (χ3n) is 6.43. The first-order valence-electron chi connectivity index (χ1n) is 11.3. The molecule has 0 aliphatic carbocycles. The van der Waals surface area contributed by atoms with Gasteiger partial charge in [0.15, 0.2) is 0 Å². The number of fused-ring (bicyclic) bond motifs is 1. The lowest BCUT2D eigenvalue weighted by atomic mass is 10.1. The van der Waals surface area contributed by atoms with Crippen LogP contribution in [0.15, 0.2) is 46.0 Å². The Bertz CT molecular complexity index is 1290. The lowest BCUT2D eigenvalue weighted by Gasteiger charge is -2.34. The molecule has 0 saturated carbocycles. The summed E-state index contributed by atoms with van der Waals surface area (Å²) in [5.41, 5.74) is 2.03. The highest BCUT2D eigenvalue weighted by atomic mass is 16.5. The van der Waals surface area contributed by atoms with Crippen molar-refractivity contribution in [2.24, 2.45) is 0 Å². The summed E-state index contributed by atoms with van der Waals surface area (Å²) in [6, 6.07) is 10.8. The number of nitrogens with one attached hydrogen (secondary N) is 1. The molecule has 0 unspecified atom stereocenters. The second kappa shape index (κ2) is 9.62. The van der Waals surface area contributed by atoms with Crippen LogP contribution in [0.2, 0.25) is 0 Å². The molecule has 0 atom stereocenters. The second-order valence-corrected chi connectivity index (χ2v) is 8.43. The number of carbonyl (C=O) groups is 1. The van der Waals surface area contributed by atoms with E-state index in [2.05, 4.69) is 16.8 Å². The number of amides is 1. The van der Waals surface area contributed by atoms with Crippen molar-refractivity contribution < 1.29 is 9.53 Å². The molecule has 1 aliphatic heterocycles. The van der Waals surface area contributed by atoms with Crippen LogP contribution in [0.4, 0.5) is 0 Å². The van der Waals surface area contributed by atoms with E-state index in [4.69, 9.17) is 4.74 Å². The second-order valence-electron chi connectivity index (χ2n) is 8.43. The van der Waals surface area contributed by atoms with Gasteiger partial charge < -0.3 is 19.5 Å². The highest BCUT2D eigenvalue weighted by Gasteiger charge is 2.22. The fourth-order valence-corrected chi connectivity index (χ4v) is 4.30. The zero-order valence-electron chi connectivity index (χ0n) is 19.4. The monoisotopic (exact) mass is 450 g/mol. The number of hydrogen-bond acceptors (Lipinski definition) is 5. The number of nitrogens with zero attached hydrogens (tertiary/aromatic N) is 3. The molecule has 2 aromatic carbocycles. The van der Waals surface area contributed by atoms with Gasteiger partial charge in [0.1, 0.15) is 5.75 Å². The molecular formula is C25H30N4O4. The van der Waals surface area contributed by atoms with Crippen molar-refractivity contribution in [3.05, 3.63) is 73.9 Å². The maximum absolute atomic E-state index is 13.0. The van der Waals surface area contributed by atoms with E-state index in [1.165, 1.54) is 4.57 Å². The molecule has 1 N–H and O–H groups in total. The molecule has 8 heteroatoms. The minimum Gasteiger partial charge on any atom is -0.496 e. The van der Waals surface area contributed by atoms with Crippen LogP contribution in [0.5, 0.6) is 5.75 Å². The smallest absolute Gasteiger partial charge is 0.328 e. The number of methoxy groups -OCH3 is 1. The number of aromatic nitrogens is 2. The summed E-state index contributed by atoms with van der Waals surface area (Å²) < 4.78 is 6.57. The predicted molar refractivity (Wildman–Crippen MR) is 128 cm³/mol. The molecule has 8 nitrogen and oxygen atoms in total. The van der Waals surface area contributed by atoms with Crippen molar-refractivity contribution >= 4 is 16.8 Å². The zero-order valence-corrected chi connectivity index (χ0v) is 19.4. The van der Waals surface area contributed by atoms with Crippen molar-refractivity contribution in [2.45, 2.75) is 26.8 Å². The number of rotatable bonds is 6. The average molecular weight is 451 g/mol. The van der Waals surface area contributed by atoms with Gasteiger partial charge in [-0.1, -0.05) is 19.1 Å². The van der Waals surface area contributed by atoms with E-state index in [1.54, 1.807) is 25.3 Å².